The second-order valence-electron chi connectivity index (χ2n) is 4.20. The van der Waals surface area contributed by atoms with E-state index in [1.165, 1.54) is 19.3 Å². The van der Waals surface area contributed by atoms with Crippen molar-refractivity contribution in [3.8, 4) is 0 Å². The van der Waals surface area contributed by atoms with Crippen LogP contribution in [-0.2, 0) is 0 Å². The van der Waals surface area contributed by atoms with Crippen LogP contribution >= 0.6 is 12.2 Å². The third-order valence-corrected chi connectivity index (χ3v) is 2.84. The molecule has 0 aliphatic carbocycles. The Balaban J connectivity index is 2.56. The van der Waals surface area contributed by atoms with Gasteiger partial charge in [0, 0.05) is 12.2 Å². The van der Waals surface area contributed by atoms with Crippen LogP contribution in [0.1, 0.15) is 43.9 Å². The molecule has 0 aliphatic rings. The minimum atomic E-state index is 0.397. The maximum absolute atomic E-state index is 5.67. The molecule has 0 saturated heterocycles. The minimum absolute atomic E-state index is 0.397. The van der Waals surface area contributed by atoms with Gasteiger partial charge in [-0.2, -0.15) is 0 Å². The van der Waals surface area contributed by atoms with Crippen molar-refractivity contribution in [3.05, 3.63) is 23.4 Å². The Morgan fingerprint density at radius 3 is 2.76 bits per heavy atom. The summed E-state index contributed by atoms with van der Waals surface area (Å²) in [6.45, 7) is 5.10. The van der Waals surface area contributed by atoms with Crippen LogP contribution in [0.25, 0.3) is 0 Å². The van der Waals surface area contributed by atoms with Gasteiger partial charge < -0.3 is 11.1 Å². The van der Waals surface area contributed by atoms with E-state index in [2.05, 4.69) is 17.2 Å². The highest BCUT2D eigenvalue weighted by Crippen LogP contribution is 2.13. The largest absolute Gasteiger partial charge is 0.389 e. The van der Waals surface area contributed by atoms with Gasteiger partial charge in [-0.1, -0.05) is 38.4 Å². The van der Waals surface area contributed by atoms with E-state index in [0.29, 0.717) is 4.99 Å². The number of thiocarbonyl (C=S) groups is 1. The van der Waals surface area contributed by atoms with Gasteiger partial charge in [-0.3, -0.25) is 0 Å². The lowest BCUT2D eigenvalue weighted by Gasteiger charge is -2.10. The van der Waals surface area contributed by atoms with Crippen LogP contribution in [0.15, 0.2) is 12.1 Å². The van der Waals surface area contributed by atoms with E-state index in [1.807, 2.05) is 19.1 Å². The molecule has 1 heterocycles. The van der Waals surface area contributed by atoms with E-state index < -0.39 is 0 Å². The molecule has 0 atom stereocenters. The highest BCUT2D eigenvalue weighted by molar-refractivity contribution is 7.80. The molecular formula is C13H21N3S. The zero-order valence-electron chi connectivity index (χ0n) is 10.6. The van der Waals surface area contributed by atoms with Crippen LogP contribution in [0, 0.1) is 6.92 Å². The lowest BCUT2D eigenvalue weighted by molar-refractivity contribution is 0.684. The van der Waals surface area contributed by atoms with E-state index in [-0.39, 0.29) is 0 Å². The number of aromatic nitrogens is 1. The first-order valence-corrected chi connectivity index (χ1v) is 6.57. The lowest BCUT2D eigenvalue weighted by Crippen LogP contribution is -2.15. The van der Waals surface area contributed by atoms with E-state index in [0.717, 1.165) is 30.0 Å². The molecule has 94 valence electrons. The van der Waals surface area contributed by atoms with Gasteiger partial charge in [0.15, 0.2) is 0 Å². The number of rotatable bonds is 7. The number of nitrogens with one attached hydrogen (secondary N) is 1. The van der Waals surface area contributed by atoms with Gasteiger partial charge in [0.25, 0.3) is 0 Å². The standard InChI is InChI=1S/C13H21N3S/c1-3-4-5-6-9-15-13-11(12(14)17)8-7-10(2)16-13/h7-8H,3-6,9H2,1-2H3,(H2,14,17)(H,15,16). The maximum atomic E-state index is 5.67. The van der Waals surface area contributed by atoms with Gasteiger partial charge in [0.2, 0.25) is 0 Å². The molecule has 0 saturated carbocycles. The molecule has 0 amide bonds. The van der Waals surface area contributed by atoms with Crippen LogP contribution in [0.4, 0.5) is 5.82 Å². The SMILES string of the molecule is CCCCCCNc1nc(C)ccc1C(N)=S. The maximum Gasteiger partial charge on any atom is 0.136 e. The molecule has 1 aromatic heterocycles. The average molecular weight is 251 g/mol. The van der Waals surface area contributed by atoms with E-state index in [9.17, 15) is 0 Å². The summed E-state index contributed by atoms with van der Waals surface area (Å²) >= 11 is 5.01. The molecule has 3 nitrogen and oxygen atoms in total. The van der Waals surface area contributed by atoms with E-state index >= 15 is 0 Å². The molecule has 0 bridgehead atoms. The van der Waals surface area contributed by atoms with Gasteiger partial charge in [-0.05, 0) is 25.5 Å². The summed E-state index contributed by atoms with van der Waals surface area (Å²) in [5.41, 5.74) is 7.48. The average Bonchev–Trinajstić information content (AvgIpc) is 2.28. The Kier molecular flexibility index (Phi) is 5.91. The van der Waals surface area contributed by atoms with Crippen LogP contribution < -0.4 is 11.1 Å². The quantitative estimate of drug-likeness (QED) is 0.578. The van der Waals surface area contributed by atoms with Gasteiger partial charge in [-0.25, -0.2) is 4.98 Å². The monoisotopic (exact) mass is 251 g/mol. The summed E-state index contributed by atoms with van der Waals surface area (Å²) in [6, 6.07) is 3.86. The highest BCUT2D eigenvalue weighted by Gasteiger charge is 2.06. The molecule has 0 spiro atoms. The Morgan fingerprint density at radius 1 is 1.35 bits per heavy atom. The summed E-state index contributed by atoms with van der Waals surface area (Å²) in [5.74, 6) is 0.814. The molecule has 1 rings (SSSR count). The predicted molar refractivity (Wildman–Crippen MR) is 77.5 cm³/mol. The third-order valence-electron chi connectivity index (χ3n) is 2.62. The first-order valence-electron chi connectivity index (χ1n) is 6.16. The topological polar surface area (TPSA) is 50.9 Å². The smallest absolute Gasteiger partial charge is 0.136 e. The van der Waals surface area contributed by atoms with Crippen LogP contribution in [0.2, 0.25) is 0 Å². The first kappa shape index (κ1) is 13.9. The number of nitrogens with two attached hydrogens (primary N) is 1. The molecule has 0 aliphatic heterocycles. The number of unbranched alkanes of at least 4 members (excludes halogenated alkanes) is 3. The van der Waals surface area contributed by atoms with Gasteiger partial charge in [0.05, 0.1) is 5.56 Å². The Morgan fingerprint density at radius 2 is 2.12 bits per heavy atom. The second kappa shape index (κ2) is 7.22. The highest BCUT2D eigenvalue weighted by atomic mass is 32.1. The second-order valence-corrected chi connectivity index (χ2v) is 4.64. The van der Waals surface area contributed by atoms with Crippen molar-refractivity contribution >= 4 is 23.0 Å². The zero-order chi connectivity index (χ0) is 12.7. The van der Waals surface area contributed by atoms with Gasteiger partial charge in [0.1, 0.15) is 10.8 Å². The molecular weight excluding hydrogens is 230 g/mol. The van der Waals surface area contributed by atoms with E-state index in [4.69, 9.17) is 18.0 Å². The molecule has 1 aromatic rings. The fourth-order valence-electron chi connectivity index (χ4n) is 1.65. The number of pyridine rings is 1. The number of nitrogens with zero attached hydrogens (tertiary/aromatic N) is 1. The summed E-state index contributed by atoms with van der Waals surface area (Å²) < 4.78 is 0. The third kappa shape index (κ3) is 4.69. The fraction of sp³-hybridized carbons (Fsp3) is 0.538. The Bertz CT molecular complexity index is 377. The zero-order valence-corrected chi connectivity index (χ0v) is 11.4. The van der Waals surface area contributed by atoms with Crippen molar-refractivity contribution < 1.29 is 0 Å². The Labute approximate surface area is 109 Å². The van der Waals surface area contributed by atoms with Gasteiger partial charge in [-0.15, -0.1) is 0 Å². The normalized spacial score (nSPS) is 10.2. The van der Waals surface area contributed by atoms with E-state index in [1.54, 1.807) is 0 Å². The number of hydrogen-bond acceptors (Lipinski definition) is 3. The first-order chi connectivity index (χ1) is 8.15. The van der Waals surface area contributed by atoms with Crippen LogP contribution in [0.5, 0.6) is 0 Å². The summed E-state index contributed by atoms with van der Waals surface area (Å²) in [6.07, 6.45) is 4.93. The van der Waals surface area contributed by atoms with Crippen LogP contribution in [0.3, 0.4) is 0 Å². The van der Waals surface area contributed by atoms with Crippen molar-refractivity contribution in [3.63, 3.8) is 0 Å². The molecule has 4 heteroatoms. The minimum Gasteiger partial charge on any atom is -0.389 e. The summed E-state index contributed by atoms with van der Waals surface area (Å²) in [7, 11) is 0. The van der Waals surface area contributed by atoms with Crippen LogP contribution in [-0.4, -0.2) is 16.5 Å². The number of aryl methyl sites for hydroxylation is 1. The summed E-state index contributed by atoms with van der Waals surface area (Å²) in [5, 5.41) is 3.32. The molecule has 0 aromatic carbocycles. The van der Waals surface area contributed by atoms with Crippen molar-refractivity contribution in [2.75, 3.05) is 11.9 Å². The van der Waals surface area contributed by atoms with Crippen molar-refractivity contribution in [2.45, 2.75) is 39.5 Å². The predicted octanol–water partition coefficient (Wildman–Crippen LogP) is 3.02. The number of anilines is 1. The van der Waals surface area contributed by atoms with Gasteiger partial charge >= 0.3 is 0 Å². The molecule has 3 N–H and O–H groups in total. The number of hydrogen-bond donors (Lipinski definition) is 2. The fourth-order valence-corrected chi connectivity index (χ4v) is 1.81. The Hall–Kier alpha value is -1.16. The molecule has 17 heavy (non-hydrogen) atoms. The molecule has 0 radical (unpaired) electrons. The van der Waals surface area contributed by atoms with Crippen molar-refractivity contribution in [1.29, 1.82) is 0 Å². The summed E-state index contributed by atoms with van der Waals surface area (Å²) in [4.78, 5) is 4.83. The molecule has 0 unspecified atom stereocenters. The van der Waals surface area contributed by atoms with Crippen molar-refractivity contribution in [2.24, 2.45) is 5.73 Å². The molecule has 0 fully saturated rings. The lowest BCUT2D eigenvalue weighted by atomic mass is 10.2. The van der Waals surface area contributed by atoms with Crippen molar-refractivity contribution in [1.82, 2.24) is 4.98 Å².